The lowest BCUT2D eigenvalue weighted by Crippen LogP contribution is -2.27. The van der Waals surface area contributed by atoms with E-state index in [2.05, 4.69) is 0 Å². The highest BCUT2D eigenvalue weighted by molar-refractivity contribution is 6.30. The van der Waals surface area contributed by atoms with E-state index in [4.69, 9.17) is 20.8 Å². The van der Waals surface area contributed by atoms with E-state index in [0.29, 0.717) is 28.7 Å². The lowest BCUT2D eigenvalue weighted by atomic mass is 10.0. The summed E-state index contributed by atoms with van der Waals surface area (Å²) in [7, 11) is 1.70. The SMILES string of the molecule is CN(Cc1ccc(-c2ccc(Cl)cc2)o1)C(=O)CC1OC(=O)c2ccccc21. The van der Waals surface area contributed by atoms with Crippen molar-refractivity contribution >= 4 is 23.5 Å². The Morgan fingerprint density at radius 3 is 2.61 bits per heavy atom. The zero-order valence-electron chi connectivity index (χ0n) is 15.2. The monoisotopic (exact) mass is 395 g/mol. The second-order valence-corrected chi connectivity index (χ2v) is 7.14. The molecule has 0 saturated carbocycles. The Balaban J connectivity index is 1.40. The van der Waals surface area contributed by atoms with E-state index in [1.54, 1.807) is 36.2 Å². The number of rotatable bonds is 5. The lowest BCUT2D eigenvalue weighted by molar-refractivity contribution is -0.132. The Labute approximate surface area is 167 Å². The molecule has 4 rings (SSSR count). The number of esters is 1. The average molecular weight is 396 g/mol. The van der Waals surface area contributed by atoms with Crippen molar-refractivity contribution in [1.82, 2.24) is 4.90 Å². The molecule has 0 N–H and O–H groups in total. The molecule has 2 heterocycles. The summed E-state index contributed by atoms with van der Waals surface area (Å²) in [5.74, 6) is 0.879. The molecule has 28 heavy (non-hydrogen) atoms. The number of benzene rings is 2. The molecule has 1 unspecified atom stereocenters. The lowest BCUT2D eigenvalue weighted by Gasteiger charge is -2.18. The molecule has 1 aromatic heterocycles. The molecule has 0 fully saturated rings. The van der Waals surface area contributed by atoms with Crippen LogP contribution in [0.1, 0.15) is 34.2 Å². The molecular formula is C22H18ClNO4. The van der Waals surface area contributed by atoms with Crippen molar-refractivity contribution in [2.45, 2.75) is 19.1 Å². The maximum absolute atomic E-state index is 12.6. The summed E-state index contributed by atoms with van der Waals surface area (Å²) in [5.41, 5.74) is 2.21. The first-order valence-corrected chi connectivity index (χ1v) is 9.27. The van der Waals surface area contributed by atoms with Gasteiger partial charge in [-0.05, 0) is 42.5 Å². The molecule has 0 spiro atoms. The Kier molecular flexibility index (Phi) is 4.92. The second kappa shape index (κ2) is 7.52. The zero-order chi connectivity index (χ0) is 19.7. The summed E-state index contributed by atoms with van der Waals surface area (Å²) >= 11 is 5.91. The third-order valence-electron chi connectivity index (χ3n) is 4.75. The summed E-state index contributed by atoms with van der Waals surface area (Å²) in [6.07, 6.45) is -0.441. The average Bonchev–Trinajstić information content (AvgIpc) is 3.28. The number of carbonyl (C=O) groups is 2. The van der Waals surface area contributed by atoms with Crippen molar-refractivity contribution in [2.24, 2.45) is 0 Å². The number of ether oxygens (including phenoxy) is 1. The van der Waals surface area contributed by atoms with E-state index < -0.39 is 6.10 Å². The van der Waals surface area contributed by atoms with Crippen molar-refractivity contribution in [1.29, 1.82) is 0 Å². The van der Waals surface area contributed by atoms with Gasteiger partial charge in [0.1, 0.15) is 17.6 Å². The van der Waals surface area contributed by atoms with Crippen LogP contribution >= 0.6 is 11.6 Å². The molecule has 0 bridgehead atoms. The number of amides is 1. The highest BCUT2D eigenvalue weighted by Crippen LogP contribution is 2.33. The zero-order valence-corrected chi connectivity index (χ0v) is 16.0. The first-order valence-electron chi connectivity index (χ1n) is 8.90. The van der Waals surface area contributed by atoms with Crippen molar-refractivity contribution in [3.63, 3.8) is 0 Å². The van der Waals surface area contributed by atoms with Crippen LogP contribution in [0.5, 0.6) is 0 Å². The van der Waals surface area contributed by atoms with Crippen molar-refractivity contribution < 1.29 is 18.7 Å². The minimum Gasteiger partial charge on any atom is -0.459 e. The fraction of sp³-hybridized carbons (Fsp3) is 0.182. The molecule has 1 aliphatic heterocycles. The molecule has 0 aliphatic carbocycles. The van der Waals surface area contributed by atoms with Gasteiger partial charge >= 0.3 is 5.97 Å². The standard InChI is InChI=1S/C22H18ClNO4/c1-24(13-16-10-11-19(27-16)14-6-8-15(23)9-7-14)21(25)12-20-17-4-2-3-5-18(17)22(26)28-20/h2-11,20H,12-13H2,1H3. The van der Waals surface area contributed by atoms with Crippen LogP contribution in [-0.2, 0) is 16.1 Å². The van der Waals surface area contributed by atoms with Crippen LogP contribution in [0.25, 0.3) is 11.3 Å². The predicted octanol–water partition coefficient (Wildman–Crippen LogP) is 4.86. The quantitative estimate of drug-likeness (QED) is 0.579. The summed E-state index contributed by atoms with van der Waals surface area (Å²) in [5, 5.41) is 0.662. The minimum absolute atomic E-state index is 0.101. The Morgan fingerprint density at radius 1 is 1.07 bits per heavy atom. The number of hydrogen-bond donors (Lipinski definition) is 0. The molecule has 0 radical (unpaired) electrons. The van der Waals surface area contributed by atoms with Crippen LogP contribution in [-0.4, -0.2) is 23.8 Å². The molecular weight excluding hydrogens is 378 g/mol. The summed E-state index contributed by atoms with van der Waals surface area (Å²) in [6, 6.07) is 18.2. The third-order valence-corrected chi connectivity index (χ3v) is 5.00. The number of furan rings is 1. The summed E-state index contributed by atoms with van der Waals surface area (Å²) in [4.78, 5) is 26.1. The van der Waals surface area contributed by atoms with Gasteiger partial charge in [0.25, 0.3) is 0 Å². The van der Waals surface area contributed by atoms with E-state index in [0.717, 1.165) is 11.1 Å². The normalized spacial score (nSPS) is 15.2. The van der Waals surface area contributed by atoms with E-state index in [1.807, 2.05) is 36.4 Å². The van der Waals surface area contributed by atoms with E-state index >= 15 is 0 Å². The number of fused-ring (bicyclic) bond motifs is 1. The number of nitrogens with zero attached hydrogens (tertiary/aromatic N) is 1. The van der Waals surface area contributed by atoms with E-state index in [-0.39, 0.29) is 18.3 Å². The van der Waals surface area contributed by atoms with Gasteiger partial charge in [-0.25, -0.2) is 4.79 Å². The molecule has 5 nitrogen and oxygen atoms in total. The fourth-order valence-electron chi connectivity index (χ4n) is 3.24. The van der Waals surface area contributed by atoms with Gasteiger partial charge in [-0.1, -0.05) is 29.8 Å². The van der Waals surface area contributed by atoms with Crippen LogP contribution in [0.3, 0.4) is 0 Å². The molecule has 1 atom stereocenters. The van der Waals surface area contributed by atoms with E-state index in [1.165, 1.54) is 0 Å². The summed E-state index contributed by atoms with van der Waals surface area (Å²) in [6.45, 7) is 0.328. The Bertz CT molecular complexity index is 1030. The van der Waals surface area contributed by atoms with Crippen LogP contribution in [0.15, 0.2) is 65.1 Å². The number of hydrogen-bond acceptors (Lipinski definition) is 4. The van der Waals surface area contributed by atoms with Gasteiger partial charge in [-0.2, -0.15) is 0 Å². The molecule has 1 amide bonds. The molecule has 6 heteroatoms. The van der Waals surface area contributed by atoms with Crippen LogP contribution in [0.2, 0.25) is 5.02 Å². The highest BCUT2D eigenvalue weighted by atomic mass is 35.5. The molecule has 142 valence electrons. The molecule has 1 aliphatic rings. The van der Waals surface area contributed by atoms with Gasteiger partial charge in [-0.15, -0.1) is 0 Å². The predicted molar refractivity (Wildman–Crippen MR) is 105 cm³/mol. The van der Waals surface area contributed by atoms with Crippen LogP contribution in [0.4, 0.5) is 0 Å². The van der Waals surface area contributed by atoms with Crippen LogP contribution < -0.4 is 0 Å². The smallest absolute Gasteiger partial charge is 0.339 e. The number of halogens is 1. The Hall–Kier alpha value is -3.05. The minimum atomic E-state index is -0.542. The first kappa shape index (κ1) is 18.3. The largest absolute Gasteiger partial charge is 0.459 e. The topological polar surface area (TPSA) is 59.8 Å². The molecule has 0 saturated heterocycles. The van der Waals surface area contributed by atoms with Crippen molar-refractivity contribution in [3.05, 3.63) is 82.6 Å². The number of cyclic esters (lactones) is 1. The van der Waals surface area contributed by atoms with E-state index in [9.17, 15) is 9.59 Å². The maximum atomic E-state index is 12.6. The third kappa shape index (κ3) is 3.66. The first-order chi connectivity index (χ1) is 13.5. The number of carbonyl (C=O) groups excluding carboxylic acids is 2. The maximum Gasteiger partial charge on any atom is 0.339 e. The van der Waals surface area contributed by atoms with Gasteiger partial charge in [-0.3, -0.25) is 4.79 Å². The van der Waals surface area contributed by atoms with Crippen molar-refractivity contribution in [3.8, 4) is 11.3 Å². The van der Waals surface area contributed by atoms with Gasteiger partial charge in [0.05, 0.1) is 18.5 Å². The van der Waals surface area contributed by atoms with Gasteiger partial charge in [0.15, 0.2) is 0 Å². The van der Waals surface area contributed by atoms with Crippen molar-refractivity contribution in [2.75, 3.05) is 7.05 Å². The van der Waals surface area contributed by atoms with Gasteiger partial charge in [0.2, 0.25) is 5.91 Å². The Morgan fingerprint density at radius 2 is 1.82 bits per heavy atom. The van der Waals surface area contributed by atoms with Gasteiger partial charge in [0, 0.05) is 23.2 Å². The molecule has 3 aromatic rings. The molecule has 2 aromatic carbocycles. The fourth-order valence-corrected chi connectivity index (χ4v) is 3.37. The second-order valence-electron chi connectivity index (χ2n) is 6.71. The van der Waals surface area contributed by atoms with Crippen LogP contribution in [0, 0.1) is 0 Å². The van der Waals surface area contributed by atoms with Gasteiger partial charge < -0.3 is 14.1 Å². The summed E-state index contributed by atoms with van der Waals surface area (Å²) < 4.78 is 11.2. The highest BCUT2D eigenvalue weighted by Gasteiger charge is 2.32.